The number of pyridine rings is 1. The quantitative estimate of drug-likeness (QED) is 0.433. The van der Waals surface area contributed by atoms with Gasteiger partial charge < -0.3 is 10.1 Å². The van der Waals surface area contributed by atoms with Crippen LogP contribution < -0.4 is 5.32 Å². The topological polar surface area (TPSA) is 94.4 Å². The number of anilines is 1. The number of ether oxygens (including phenoxy) is 1. The first-order valence-electron chi connectivity index (χ1n) is 7.39. The van der Waals surface area contributed by atoms with Gasteiger partial charge in [-0.05, 0) is 30.7 Å². The molecular formula is C16H15Cl2N3O4. The van der Waals surface area contributed by atoms with Gasteiger partial charge in [-0.1, -0.05) is 30.1 Å². The Bertz CT molecular complexity index is 748. The van der Waals surface area contributed by atoms with Gasteiger partial charge in [0.1, 0.15) is 18.6 Å². The molecule has 2 rings (SSSR count). The lowest BCUT2D eigenvalue weighted by Crippen LogP contribution is -2.26. The first-order chi connectivity index (χ1) is 11.9. The summed E-state index contributed by atoms with van der Waals surface area (Å²) in [5.74, 6) is -0.0828. The van der Waals surface area contributed by atoms with E-state index in [1.807, 2.05) is 6.92 Å². The van der Waals surface area contributed by atoms with Gasteiger partial charge in [0, 0.05) is 16.1 Å². The highest BCUT2D eigenvalue weighted by molar-refractivity contribution is 6.35. The summed E-state index contributed by atoms with van der Waals surface area (Å²) in [7, 11) is 0. The van der Waals surface area contributed by atoms with E-state index in [9.17, 15) is 14.9 Å². The molecule has 7 nitrogen and oxygen atoms in total. The fourth-order valence-corrected chi connectivity index (χ4v) is 2.51. The molecule has 1 atom stereocenters. The SMILES string of the molecule is CCC(COC(=O)c1cc(Cl)cc(Cl)c1)Nc1ccc([N+](=O)[O-])cn1. The lowest BCUT2D eigenvalue weighted by atomic mass is 10.2. The number of nitrogens with one attached hydrogen (secondary N) is 1. The molecule has 0 radical (unpaired) electrons. The Kier molecular flexibility index (Phi) is 6.55. The summed E-state index contributed by atoms with van der Waals surface area (Å²) < 4.78 is 5.27. The third-order valence-corrected chi connectivity index (χ3v) is 3.75. The summed E-state index contributed by atoms with van der Waals surface area (Å²) in [6, 6.07) is 7.12. The second-order valence-corrected chi connectivity index (χ2v) is 6.04. The monoisotopic (exact) mass is 383 g/mol. The zero-order valence-electron chi connectivity index (χ0n) is 13.2. The number of carbonyl (C=O) groups excluding carboxylic acids is 1. The Labute approximate surface area is 154 Å². The van der Waals surface area contributed by atoms with Gasteiger partial charge in [-0.2, -0.15) is 0 Å². The molecule has 0 saturated heterocycles. The highest BCUT2D eigenvalue weighted by Crippen LogP contribution is 2.20. The van der Waals surface area contributed by atoms with Gasteiger partial charge in [0.2, 0.25) is 0 Å². The van der Waals surface area contributed by atoms with Crippen LogP contribution in [0.1, 0.15) is 23.7 Å². The van der Waals surface area contributed by atoms with Crippen molar-refractivity contribution in [1.82, 2.24) is 4.98 Å². The van der Waals surface area contributed by atoms with E-state index in [2.05, 4.69) is 10.3 Å². The van der Waals surface area contributed by atoms with Crippen LogP contribution in [0.3, 0.4) is 0 Å². The molecule has 9 heteroatoms. The molecule has 0 aliphatic carbocycles. The Morgan fingerprint density at radius 2 is 2.00 bits per heavy atom. The van der Waals surface area contributed by atoms with E-state index in [4.69, 9.17) is 27.9 Å². The first kappa shape index (κ1) is 19.0. The maximum Gasteiger partial charge on any atom is 0.338 e. The normalized spacial score (nSPS) is 11.6. The number of rotatable bonds is 7. The fraction of sp³-hybridized carbons (Fsp3) is 0.250. The van der Waals surface area contributed by atoms with Crippen molar-refractivity contribution in [2.75, 3.05) is 11.9 Å². The second kappa shape index (κ2) is 8.64. The van der Waals surface area contributed by atoms with Crippen LogP contribution in [0, 0.1) is 10.1 Å². The summed E-state index contributed by atoms with van der Waals surface area (Å²) in [6.45, 7) is 2.01. The number of benzene rings is 1. The van der Waals surface area contributed by atoms with E-state index in [1.54, 1.807) is 0 Å². The van der Waals surface area contributed by atoms with Crippen molar-refractivity contribution in [2.45, 2.75) is 19.4 Å². The zero-order valence-corrected chi connectivity index (χ0v) is 14.8. The van der Waals surface area contributed by atoms with Crippen molar-refractivity contribution in [3.8, 4) is 0 Å². The van der Waals surface area contributed by atoms with Crippen LogP contribution in [-0.2, 0) is 4.74 Å². The Balaban J connectivity index is 1.95. The molecule has 0 fully saturated rings. The standard InChI is InChI=1S/C16H15Cl2N3O4/c1-2-13(20-15-4-3-14(8-19-15)21(23)24)9-25-16(22)10-5-11(17)7-12(18)6-10/h3-8,13H,2,9H2,1H3,(H,19,20). The summed E-state index contributed by atoms with van der Waals surface area (Å²) in [5, 5.41) is 14.4. The highest BCUT2D eigenvalue weighted by Gasteiger charge is 2.14. The van der Waals surface area contributed by atoms with E-state index < -0.39 is 10.9 Å². The molecular weight excluding hydrogens is 369 g/mol. The number of nitrogens with zero attached hydrogens (tertiary/aromatic N) is 2. The van der Waals surface area contributed by atoms with Crippen LogP contribution in [0.25, 0.3) is 0 Å². The molecule has 0 aliphatic rings. The summed E-state index contributed by atoms with van der Waals surface area (Å²) in [4.78, 5) is 26.1. The molecule has 0 saturated carbocycles. The first-order valence-corrected chi connectivity index (χ1v) is 8.15. The van der Waals surface area contributed by atoms with Gasteiger partial charge in [-0.25, -0.2) is 9.78 Å². The number of esters is 1. The molecule has 1 heterocycles. The van der Waals surface area contributed by atoms with Crippen LogP contribution in [0.4, 0.5) is 11.5 Å². The maximum atomic E-state index is 12.1. The van der Waals surface area contributed by atoms with Crippen molar-refractivity contribution in [1.29, 1.82) is 0 Å². The van der Waals surface area contributed by atoms with E-state index in [0.717, 1.165) is 6.20 Å². The van der Waals surface area contributed by atoms with Crippen molar-refractivity contribution in [3.05, 3.63) is 62.3 Å². The Hall–Kier alpha value is -2.38. The van der Waals surface area contributed by atoms with E-state index in [-0.39, 0.29) is 23.9 Å². The number of hydrogen-bond acceptors (Lipinski definition) is 6. The molecule has 25 heavy (non-hydrogen) atoms. The predicted octanol–water partition coefficient (Wildman–Crippen LogP) is 4.34. The molecule has 1 aromatic heterocycles. The van der Waals surface area contributed by atoms with Crippen LogP contribution >= 0.6 is 23.2 Å². The number of carbonyl (C=O) groups is 1. The Morgan fingerprint density at radius 3 is 2.52 bits per heavy atom. The minimum absolute atomic E-state index is 0.0946. The van der Waals surface area contributed by atoms with Crippen LogP contribution in [0.2, 0.25) is 10.0 Å². The predicted molar refractivity (Wildman–Crippen MR) is 95.3 cm³/mol. The lowest BCUT2D eigenvalue weighted by molar-refractivity contribution is -0.385. The van der Waals surface area contributed by atoms with Gasteiger partial charge in [-0.3, -0.25) is 10.1 Å². The molecule has 2 aromatic rings. The van der Waals surface area contributed by atoms with Gasteiger partial charge in [0.05, 0.1) is 16.5 Å². The van der Waals surface area contributed by atoms with Gasteiger partial charge >= 0.3 is 5.97 Å². The second-order valence-electron chi connectivity index (χ2n) is 5.16. The van der Waals surface area contributed by atoms with Crippen molar-refractivity contribution < 1.29 is 14.5 Å². The molecule has 0 amide bonds. The molecule has 0 aliphatic heterocycles. The van der Waals surface area contributed by atoms with E-state index >= 15 is 0 Å². The molecule has 0 bridgehead atoms. The molecule has 1 unspecified atom stereocenters. The minimum atomic E-state index is -0.540. The van der Waals surface area contributed by atoms with Crippen LogP contribution in [0.5, 0.6) is 0 Å². The third kappa shape index (κ3) is 5.58. The van der Waals surface area contributed by atoms with Crippen molar-refractivity contribution in [3.63, 3.8) is 0 Å². The highest BCUT2D eigenvalue weighted by atomic mass is 35.5. The third-order valence-electron chi connectivity index (χ3n) is 3.32. The largest absolute Gasteiger partial charge is 0.460 e. The molecule has 1 aromatic carbocycles. The molecule has 132 valence electrons. The summed E-state index contributed by atoms with van der Waals surface area (Å²) >= 11 is 11.7. The summed E-state index contributed by atoms with van der Waals surface area (Å²) in [5.41, 5.74) is 0.170. The molecule has 0 spiro atoms. The van der Waals surface area contributed by atoms with Crippen LogP contribution in [-0.4, -0.2) is 28.5 Å². The van der Waals surface area contributed by atoms with Crippen molar-refractivity contribution in [2.24, 2.45) is 0 Å². The van der Waals surface area contributed by atoms with Crippen LogP contribution in [0.15, 0.2) is 36.5 Å². The number of hydrogen-bond donors (Lipinski definition) is 1. The smallest absolute Gasteiger partial charge is 0.338 e. The van der Waals surface area contributed by atoms with Crippen molar-refractivity contribution >= 4 is 40.7 Å². The van der Waals surface area contributed by atoms with E-state index in [0.29, 0.717) is 22.3 Å². The fourth-order valence-electron chi connectivity index (χ4n) is 1.98. The average molecular weight is 384 g/mol. The van der Waals surface area contributed by atoms with Gasteiger partial charge in [0.25, 0.3) is 5.69 Å². The average Bonchev–Trinajstić information content (AvgIpc) is 2.57. The maximum absolute atomic E-state index is 12.1. The Morgan fingerprint density at radius 1 is 1.32 bits per heavy atom. The minimum Gasteiger partial charge on any atom is -0.460 e. The van der Waals surface area contributed by atoms with E-state index in [1.165, 1.54) is 30.3 Å². The number of nitro groups is 1. The van der Waals surface area contributed by atoms with Gasteiger partial charge in [0.15, 0.2) is 0 Å². The van der Waals surface area contributed by atoms with Gasteiger partial charge in [-0.15, -0.1) is 0 Å². The molecule has 1 N–H and O–H groups in total. The number of aromatic nitrogens is 1. The summed E-state index contributed by atoms with van der Waals surface area (Å²) in [6.07, 6.45) is 1.82. The number of halogens is 2. The zero-order chi connectivity index (χ0) is 18.4. The lowest BCUT2D eigenvalue weighted by Gasteiger charge is -2.17.